The molecule has 7 nitrogen and oxygen atoms in total. The van der Waals surface area contributed by atoms with Gasteiger partial charge in [-0.2, -0.15) is 0 Å². The number of nitrogens with one attached hydrogen (secondary N) is 1. The number of aliphatic carboxylic acids is 1. The zero-order chi connectivity index (χ0) is 19.1. The van der Waals surface area contributed by atoms with E-state index < -0.39 is 12.0 Å². The van der Waals surface area contributed by atoms with Crippen LogP contribution in [0.1, 0.15) is 11.1 Å². The minimum atomic E-state index is -0.968. The largest absolute Gasteiger partial charge is 0.508 e. The monoisotopic (exact) mass is 361 g/mol. The Morgan fingerprint density at radius 2 is 1.62 bits per heavy atom. The summed E-state index contributed by atoms with van der Waals surface area (Å²) in [5.41, 5.74) is 1.50. The molecule has 0 heterocycles. The Morgan fingerprint density at radius 3 is 2.08 bits per heavy atom. The van der Waals surface area contributed by atoms with Crippen LogP contribution in [0.2, 0.25) is 0 Å². The molecule has 0 saturated carbocycles. The van der Waals surface area contributed by atoms with Gasteiger partial charge in [-0.1, -0.05) is 12.1 Å². The van der Waals surface area contributed by atoms with E-state index in [1.807, 2.05) is 0 Å². The first-order chi connectivity index (χ1) is 12.5. The van der Waals surface area contributed by atoms with Crippen molar-refractivity contribution in [2.45, 2.75) is 19.0 Å². The molecule has 0 aliphatic rings. The molecule has 0 amide bonds. The van der Waals surface area contributed by atoms with Gasteiger partial charge >= 0.3 is 5.97 Å². The van der Waals surface area contributed by atoms with Gasteiger partial charge in [-0.25, -0.2) is 0 Å². The smallest absolute Gasteiger partial charge is 0.321 e. The highest BCUT2D eigenvalue weighted by Gasteiger charge is 2.20. The fraction of sp³-hybridized carbons (Fsp3) is 0.316. The number of hydrogen-bond acceptors (Lipinski definition) is 6. The van der Waals surface area contributed by atoms with Gasteiger partial charge in [0.1, 0.15) is 29.0 Å². The van der Waals surface area contributed by atoms with Gasteiger partial charge in [0.15, 0.2) is 0 Å². The molecule has 0 aliphatic carbocycles. The first-order valence-electron chi connectivity index (χ1n) is 8.01. The van der Waals surface area contributed by atoms with Gasteiger partial charge in [0.25, 0.3) is 0 Å². The molecule has 0 spiro atoms. The fourth-order valence-corrected chi connectivity index (χ4v) is 2.59. The van der Waals surface area contributed by atoms with Gasteiger partial charge in [0.2, 0.25) is 0 Å². The number of carboxylic acid groups (broad SMARTS) is 1. The lowest BCUT2D eigenvalue weighted by Gasteiger charge is -2.19. The van der Waals surface area contributed by atoms with E-state index in [1.54, 1.807) is 31.4 Å². The summed E-state index contributed by atoms with van der Waals surface area (Å²) in [6.45, 7) is 0.241. The highest BCUT2D eigenvalue weighted by Crippen LogP contribution is 2.34. The van der Waals surface area contributed by atoms with Crippen LogP contribution in [0.3, 0.4) is 0 Å². The number of hydrogen-bond donors (Lipinski definition) is 3. The van der Waals surface area contributed by atoms with Crippen LogP contribution in [-0.4, -0.2) is 43.6 Å². The van der Waals surface area contributed by atoms with Crippen LogP contribution in [0, 0.1) is 0 Å². The summed E-state index contributed by atoms with van der Waals surface area (Å²) >= 11 is 0. The Hall–Kier alpha value is -2.93. The maximum Gasteiger partial charge on any atom is 0.321 e. The molecule has 2 aromatic rings. The minimum Gasteiger partial charge on any atom is -0.508 e. The SMILES string of the molecule is COc1cc(OC)c(CNC(Cc2ccc(O)cc2)C(=O)O)c(OC)c1. The van der Waals surface area contributed by atoms with E-state index >= 15 is 0 Å². The van der Waals surface area contributed by atoms with Crippen LogP contribution < -0.4 is 19.5 Å². The minimum absolute atomic E-state index is 0.140. The maximum absolute atomic E-state index is 11.6. The van der Waals surface area contributed by atoms with Crippen molar-refractivity contribution in [1.29, 1.82) is 0 Å². The number of carbonyl (C=O) groups is 1. The summed E-state index contributed by atoms with van der Waals surface area (Å²) in [7, 11) is 4.61. The summed E-state index contributed by atoms with van der Waals surface area (Å²) in [6, 6.07) is 9.08. The third-order valence-electron chi connectivity index (χ3n) is 4.02. The van der Waals surface area contributed by atoms with Crippen LogP contribution >= 0.6 is 0 Å². The van der Waals surface area contributed by atoms with Gasteiger partial charge in [-0.3, -0.25) is 10.1 Å². The first kappa shape index (κ1) is 19.4. The summed E-state index contributed by atoms with van der Waals surface area (Å²) in [4.78, 5) is 11.6. The topological polar surface area (TPSA) is 97.2 Å². The highest BCUT2D eigenvalue weighted by atomic mass is 16.5. The normalized spacial score (nSPS) is 11.7. The molecule has 0 aromatic heterocycles. The molecular formula is C19H23NO6. The van der Waals surface area contributed by atoms with Crippen LogP contribution in [0.15, 0.2) is 36.4 Å². The number of benzene rings is 2. The maximum atomic E-state index is 11.6. The molecule has 0 radical (unpaired) electrons. The van der Waals surface area contributed by atoms with Gasteiger partial charge < -0.3 is 24.4 Å². The molecule has 1 unspecified atom stereocenters. The van der Waals surface area contributed by atoms with E-state index in [4.69, 9.17) is 14.2 Å². The Morgan fingerprint density at radius 1 is 1.04 bits per heavy atom. The fourth-order valence-electron chi connectivity index (χ4n) is 2.59. The van der Waals surface area contributed by atoms with E-state index in [9.17, 15) is 15.0 Å². The molecule has 3 N–H and O–H groups in total. The molecule has 26 heavy (non-hydrogen) atoms. The zero-order valence-corrected chi connectivity index (χ0v) is 15.0. The molecule has 0 saturated heterocycles. The second kappa shape index (κ2) is 8.96. The predicted octanol–water partition coefficient (Wildman–Crippen LogP) is 2.20. The van der Waals surface area contributed by atoms with E-state index in [0.29, 0.717) is 22.8 Å². The van der Waals surface area contributed by atoms with E-state index in [1.165, 1.54) is 26.4 Å². The lowest BCUT2D eigenvalue weighted by atomic mass is 10.0. The van der Waals surface area contributed by atoms with Gasteiger partial charge in [0.05, 0.1) is 26.9 Å². The van der Waals surface area contributed by atoms with Crippen molar-refractivity contribution in [3.63, 3.8) is 0 Å². The Kier molecular flexibility index (Phi) is 6.68. The summed E-state index contributed by atoms with van der Waals surface area (Å²) in [5, 5.41) is 21.9. The van der Waals surface area contributed by atoms with E-state index in [2.05, 4.69) is 5.32 Å². The standard InChI is InChI=1S/C19H23NO6/c1-24-14-9-17(25-2)15(18(10-14)26-3)11-20-16(19(22)23)8-12-4-6-13(21)7-5-12/h4-7,9-10,16,20-21H,8,11H2,1-3H3,(H,22,23). The van der Waals surface area contributed by atoms with Gasteiger partial charge in [-0.05, 0) is 24.1 Å². The molecule has 0 bridgehead atoms. The second-order valence-electron chi connectivity index (χ2n) is 5.65. The molecule has 2 rings (SSSR count). The van der Waals surface area contributed by atoms with Crippen LogP contribution in [0.4, 0.5) is 0 Å². The lowest BCUT2D eigenvalue weighted by molar-refractivity contribution is -0.139. The van der Waals surface area contributed by atoms with Crippen molar-refractivity contribution in [3.05, 3.63) is 47.5 Å². The quantitative estimate of drug-likeness (QED) is 0.630. The molecule has 2 aromatic carbocycles. The van der Waals surface area contributed by atoms with E-state index in [-0.39, 0.29) is 18.7 Å². The van der Waals surface area contributed by atoms with Gasteiger partial charge in [0, 0.05) is 18.7 Å². The number of phenolic OH excluding ortho intramolecular Hbond substituents is 1. The number of carboxylic acids is 1. The third kappa shape index (κ3) is 4.80. The molecular weight excluding hydrogens is 338 g/mol. The number of phenols is 1. The lowest BCUT2D eigenvalue weighted by Crippen LogP contribution is -2.38. The Labute approximate surface area is 152 Å². The van der Waals surface area contributed by atoms with Crippen molar-refractivity contribution in [2.24, 2.45) is 0 Å². The number of ether oxygens (including phenoxy) is 3. The zero-order valence-electron chi connectivity index (χ0n) is 15.0. The van der Waals surface area contributed by atoms with Crippen LogP contribution in [-0.2, 0) is 17.8 Å². The van der Waals surface area contributed by atoms with Crippen LogP contribution in [0.5, 0.6) is 23.0 Å². The number of aromatic hydroxyl groups is 1. The van der Waals surface area contributed by atoms with E-state index in [0.717, 1.165) is 5.56 Å². The third-order valence-corrected chi connectivity index (χ3v) is 4.02. The predicted molar refractivity (Wildman–Crippen MR) is 96.2 cm³/mol. The van der Waals surface area contributed by atoms with Crippen molar-refractivity contribution in [3.8, 4) is 23.0 Å². The Bertz CT molecular complexity index is 719. The van der Waals surface area contributed by atoms with Crippen LogP contribution in [0.25, 0.3) is 0 Å². The van der Waals surface area contributed by atoms with Crippen molar-refractivity contribution in [1.82, 2.24) is 5.32 Å². The van der Waals surface area contributed by atoms with Crippen molar-refractivity contribution >= 4 is 5.97 Å². The number of rotatable bonds is 9. The summed E-state index contributed by atoms with van der Waals surface area (Å²) in [6.07, 6.45) is 0.274. The van der Waals surface area contributed by atoms with Crippen molar-refractivity contribution < 1.29 is 29.2 Å². The van der Waals surface area contributed by atoms with Gasteiger partial charge in [-0.15, -0.1) is 0 Å². The number of methoxy groups -OCH3 is 3. The molecule has 7 heteroatoms. The second-order valence-corrected chi connectivity index (χ2v) is 5.65. The average molecular weight is 361 g/mol. The molecule has 0 aliphatic heterocycles. The average Bonchev–Trinajstić information content (AvgIpc) is 2.65. The molecule has 0 fully saturated rings. The summed E-state index contributed by atoms with van der Waals surface area (Å²) < 4.78 is 16.0. The molecule has 1 atom stereocenters. The highest BCUT2D eigenvalue weighted by molar-refractivity contribution is 5.74. The van der Waals surface area contributed by atoms with Crippen molar-refractivity contribution in [2.75, 3.05) is 21.3 Å². The summed E-state index contributed by atoms with van der Waals surface area (Å²) in [5.74, 6) is 0.845. The first-order valence-corrected chi connectivity index (χ1v) is 8.01. The Balaban J connectivity index is 2.18. The molecule has 140 valence electrons.